The van der Waals surface area contributed by atoms with Crippen molar-refractivity contribution in [2.75, 3.05) is 26.1 Å². The van der Waals surface area contributed by atoms with E-state index in [-0.39, 0.29) is 23.0 Å². The van der Waals surface area contributed by atoms with Crippen LogP contribution >= 0.6 is 8.60 Å². The molecule has 0 aromatic carbocycles. The highest BCUT2D eigenvalue weighted by atomic mass is 31.2. The lowest BCUT2D eigenvalue weighted by Gasteiger charge is -2.33. The smallest absolute Gasteiger partial charge is 0.333 e. The summed E-state index contributed by atoms with van der Waals surface area (Å²) in [5.41, 5.74) is 6.10. The van der Waals surface area contributed by atoms with Crippen molar-refractivity contribution in [2.24, 2.45) is 0 Å². The van der Waals surface area contributed by atoms with Crippen LogP contribution in [0.4, 0.5) is 14.7 Å². The van der Waals surface area contributed by atoms with Gasteiger partial charge in [-0.1, -0.05) is 0 Å². The molecule has 2 fully saturated rings. The van der Waals surface area contributed by atoms with Gasteiger partial charge in [0.2, 0.25) is 11.8 Å². The summed E-state index contributed by atoms with van der Waals surface area (Å²) in [5.74, 6) is -2.40. The molecule has 2 aliphatic rings. The molecule has 1 unspecified atom stereocenters. The summed E-state index contributed by atoms with van der Waals surface area (Å²) in [5, 5.41) is 0. The Bertz CT molecular complexity index is 828. The lowest BCUT2D eigenvalue weighted by molar-refractivity contribution is -0.214. The number of hydrogen-bond donors (Lipinski definition) is 1. The zero-order valence-electron chi connectivity index (χ0n) is 13.8. The molecule has 10 nitrogen and oxygen atoms in total. The van der Waals surface area contributed by atoms with E-state index in [1.807, 2.05) is 0 Å². The number of nitrogens with two attached hydrogens (primary N) is 1. The van der Waals surface area contributed by atoms with Crippen LogP contribution in [0.25, 0.3) is 11.2 Å². The minimum absolute atomic E-state index is 0.0917. The first kappa shape index (κ1) is 17.7. The third-order valence-electron chi connectivity index (χ3n) is 3.98. The molecule has 26 heavy (non-hydrogen) atoms. The number of hydrogen-bond acceptors (Lipinski definition) is 9. The van der Waals surface area contributed by atoms with Gasteiger partial charge in [0.15, 0.2) is 29.7 Å². The van der Waals surface area contributed by atoms with Crippen molar-refractivity contribution in [1.29, 1.82) is 0 Å². The minimum atomic E-state index is -2.46. The van der Waals surface area contributed by atoms with Crippen LogP contribution in [-0.2, 0) is 18.3 Å². The molecule has 5 atom stereocenters. The number of anilines is 1. The van der Waals surface area contributed by atoms with Crippen molar-refractivity contribution in [3.8, 4) is 5.88 Å². The summed E-state index contributed by atoms with van der Waals surface area (Å²) >= 11 is 0. The number of rotatable bonds is 4. The Kier molecular flexibility index (Phi) is 4.40. The maximum absolute atomic E-state index is 15.0. The molecule has 2 aliphatic heterocycles. The van der Waals surface area contributed by atoms with Gasteiger partial charge in [-0.3, -0.25) is 9.09 Å². The van der Waals surface area contributed by atoms with Crippen LogP contribution in [0.2, 0.25) is 0 Å². The fourth-order valence-corrected chi connectivity index (χ4v) is 3.87. The highest BCUT2D eigenvalue weighted by molar-refractivity contribution is 7.41. The molecule has 2 N–H and O–H groups in total. The van der Waals surface area contributed by atoms with Gasteiger partial charge in [-0.25, -0.2) is 13.8 Å². The quantitative estimate of drug-likeness (QED) is 0.776. The molecule has 0 saturated carbocycles. The summed E-state index contributed by atoms with van der Waals surface area (Å²) in [6.45, 7) is 1.58. The number of nitrogens with zero attached hydrogens (tertiary/aromatic N) is 4. The van der Waals surface area contributed by atoms with E-state index in [2.05, 4.69) is 15.0 Å². The topological polar surface area (TPSA) is 116 Å². The fraction of sp³-hybridized carbons (Fsp3) is 0.615. The Morgan fingerprint density at radius 2 is 2.31 bits per heavy atom. The first-order chi connectivity index (χ1) is 12.5. The number of imidazole rings is 1. The molecule has 4 heterocycles. The Morgan fingerprint density at radius 3 is 3.04 bits per heavy atom. The Hall–Kier alpha value is -1.72. The van der Waals surface area contributed by atoms with E-state index < -0.39 is 39.6 Å². The average molecular weight is 391 g/mol. The molecule has 2 aromatic heterocycles. The molecule has 0 bridgehead atoms. The third kappa shape index (κ3) is 2.69. The van der Waals surface area contributed by atoms with Crippen molar-refractivity contribution >= 4 is 25.7 Å². The van der Waals surface area contributed by atoms with Gasteiger partial charge < -0.3 is 24.3 Å². The summed E-state index contributed by atoms with van der Waals surface area (Å²) in [4.78, 5) is 12.1. The molecule has 4 rings (SSSR count). The van der Waals surface area contributed by atoms with Crippen LogP contribution < -0.4 is 10.5 Å². The molecular formula is C13H16F2N5O5P. The molecule has 0 radical (unpaired) electrons. The van der Waals surface area contributed by atoms with Crippen LogP contribution in [-0.4, -0.2) is 58.0 Å². The van der Waals surface area contributed by atoms with E-state index in [4.69, 9.17) is 28.8 Å². The molecule has 0 amide bonds. The second-order valence-corrected chi connectivity index (χ2v) is 6.87. The average Bonchev–Trinajstić information content (AvgIpc) is 3.14. The number of nitrogen functional groups attached to an aromatic ring is 1. The second kappa shape index (κ2) is 6.46. The predicted octanol–water partition coefficient (Wildman–Crippen LogP) is 1.63. The maximum Gasteiger partial charge on any atom is 0.333 e. The van der Waals surface area contributed by atoms with Gasteiger partial charge in [0.1, 0.15) is 6.61 Å². The van der Waals surface area contributed by atoms with Crippen molar-refractivity contribution in [2.45, 2.75) is 31.3 Å². The molecule has 2 saturated heterocycles. The van der Waals surface area contributed by atoms with E-state index in [9.17, 15) is 8.78 Å². The van der Waals surface area contributed by atoms with E-state index in [0.717, 1.165) is 0 Å². The summed E-state index contributed by atoms with van der Waals surface area (Å²) in [6.07, 6.45) is -3.48. The number of alkyl halides is 2. The number of fused-ring (bicyclic) bond motifs is 2. The highest BCUT2D eigenvalue weighted by Gasteiger charge is 2.62. The molecule has 2 aromatic rings. The van der Waals surface area contributed by atoms with Gasteiger partial charge in [0, 0.05) is 7.11 Å². The summed E-state index contributed by atoms with van der Waals surface area (Å²) in [6, 6.07) is 0. The van der Waals surface area contributed by atoms with E-state index in [1.54, 1.807) is 6.92 Å². The first-order valence-corrected chi connectivity index (χ1v) is 8.84. The molecule has 13 heteroatoms. The van der Waals surface area contributed by atoms with Gasteiger partial charge in [0.25, 0.3) is 5.85 Å². The zero-order valence-corrected chi connectivity index (χ0v) is 14.7. The summed E-state index contributed by atoms with van der Waals surface area (Å²) < 4.78 is 57.1. The number of aromatic nitrogens is 4. The Labute approximate surface area is 147 Å². The standard InChI is InChI=1S/C13H16F2N5O5P/c1-3-22-10-7-9(18-12(16)19-10)20(5-17-7)11-6(14)8-13(15,24-11)4-23-26(21-2)25-8/h5-6,8,11H,3-4H2,1-2H3,(H2,16,18,19)/t6-,8+,11-,13-,26?/m1/s1. The normalized spacial score (nSPS) is 34.2. The van der Waals surface area contributed by atoms with Crippen LogP contribution in [0.1, 0.15) is 13.2 Å². The largest absolute Gasteiger partial charge is 0.476 e. The van der Waals surface area contributed by atoms with Crippen molar-refractivity contribution < 1.29 is 31.8 Å². The van der Waals surface area contributed by atoms with Crippen LogP contribution in [0, 0.1) is 0 Å². The van der Waals surface area contributed by atoms with Crippen LogP contribution in [0.15, 0.2) is 6.33 Å². The molecular weight excluding hydrogens is 375 g/mol. The van der Waals surface area contributed by atoms with Gasteiger partial charge in [-0.05, 0) is 6.92 Å². The SMILES string of the molecule is CCOc1nc(N)nc2c1ncn2[C@@H]1O[C@]2(F)COP(OC)O[C@H]2[C@H]1F. The number of halogens is 2. The molecule has 142 valence electrons. The maximum atomic E-state index is 15.0. The van der Waals surface area contributed by atoms with E-state index >= 15 is 0 Å². The minimum Gasteiger partial charge on any atom is -0.476 e. The summed E-state index contributed by atoms with van der Waals surface area (Å²) in [7, 11) is -0.507. The van der Waals surface area contributed by atoms with Crippen molar-refractivity contribution in [1.82, 2.24) is 19.5 Å². The first-order valence-electron chi connectivity index (χ1n) is 7.74. The van der Waals surface area contributed by atoms with Gasteiger partial charge >= 0.3 is 8.60 Å². The fourth-order valence-electron chi connectivity index (χ4n) is 2.87. The lowest BCUT2D eigenvalue weighted by atomic mass is 10.1. The lowest BCUT2D eigenvalue weighted by Crippen LogP contribution is -2.46. The van der Waals surface area contributed by atoms with E-state index in [0.29, 0.717) is 6.61 Å². The van der Waals surface area contributed by atoms with Crippen molar-refractivity contribution in [3.63, 3.8) is 0 Å². The van der Waals surface area contributed by atoms with Gasteiger partial charge in [0.05, 0.1) is 12.9 Å². The Morgan fingerprint density at radius 1 is 1.50 bits per heavy atom. The monoisotopic (exact) mass is 391 g/mol. The zero-order chi connectivity index (χ0) is 18.5. The predicted molar refractivity (Wildman–Crippen MR) is 84.5 cm³/mol. The van der Waals surface area contributed by atoms with E-state index in [1.165, 1.54) is 18.0 Å². The van der Waals surface area contributed by atoms with Crippen molar-refractivity contribution in [3.05, 3.63) is 6.33 Å². The molecule has 0 aliphatic carbocycles. The van der Waals surface area contributed by atoms with Crippen LogP contribution in [0.3, 0.4) is 0 Å². The second-order valence-electron chi connectivity index (χ2n) is 5.59. The van der Waals surface area contributed by atoms with Crippen LogP contribution in [0.5, 0.6) is 5.88 Å². The third-order valence-corrected chi connectivity index (χ3v) is 5.02. The Balaban J connectivity index is 1.72. The van der Waals surface area contributed by atoms with Gasteiger partial charge in [-0.2, -0.15) is 9.97 Å². The number of ether oxygens (including phenoxy) is 2. The highest BCUT2D eigenvalue weighted by Crippen LogP contribution is 2.55. The molecule has 0 spiro atoms. The van der Waals surface area contributed by atoms with Gasteiger partial charge in [-0.15, -0.1) is 0 Å².